The summed E-state index contributed by atoms with van der Waals surface area (Å²) in [7, 11) is -3.67. The lowest BCUT2D eigenvalue weighted by Crippen LogP contribution is -2.13. The molecule has 0 aliphatic carbocycles. The van der Waals surface area contributed by atoms with Crippen molar-refractivity contribution in [3.8, 4) is 6.07 Å². The maximum absolute atomic E-state index is 12.2. The molecule has 0 atom stereocenters. The summed E-state index contributed by atoms with van der Waals surface area (Å²) in [6, 6.07) is 12.6. The van der Waals surface area contributed by atoms with E-state index in [0.717, 1.165) is 5.56 Å². The minimum Gasteiger partial charge on any atom is -0.399 e. The first-order valence-electron chi connectivity index (χ1n) is 5.81. The Morgan fingerprint density at radius 2 is 1.80 bits per heavy atom. The van der Waals surface area contributed by atoms with Crippen LogP contribution in [-0.2, 0) is 10.0 Å². The third-order valence-electron chi connectivity index (χ3n) is 2.79. The van der Waals surface area contributed by atoms with E-state index in [1.54, 1.807) is 25.1 Å². The van der Waals surface area contributed by atoms with Gasteiger partial charge in [0.05, 0.1) is 22.2 Å². The highest BCUT2D eigenvalue weighted by molar-refractivity contribution is 7.92. The summed E-state index contributed by atoms with van der Waals surface area (Å²) in [5, 5.41) is 8.70. The molecule has 2 rings (SSSR count). The van der Waals surface area contributed by atoms with E-state index in [1.165, 1.54) is 24.3 Å². The molecule has 3 N–H and O–H groups in total. The second-order valence-corrected chi connectivity index (χ2v) is 6.00. The standard InChI is InChI=1S/C14H13N3O2S/c1-10-8-12(16)4-7-14(10)17-20(18,19)13-5-2-11(9-15)3-6-13/h2-8,17H,16H2,1H3. The Kier molecular flexibility index (Phi) is 3.63. The summed E-state index contributed by atoms with van der Waals surface area (Å²) in [5.41, 5.74) is 7.82. The number of nitrogens with one attached hydrogen (secondary N) is 1. The van der Waals surface area contributed by atoms with E-state index in [-0.39, 0.29) is 4.90 Å². The van der Waals surface area contributed by atoms with Crippen molar-refractivity contribution in [2.24, 2.45) is 0 Å². The quantitative estimate of drug-likeness (QED) is 0.846. The minimum atomic E-state index is -3.67. The number of nitriles is 1. The first kappa shape index (κ1) is 13.9. The van der Waals surface area contributed by atoms with Crippen molar-refractivity contribution in [2.75, 3.05) is 10.5 Å². The molecule has 0 spiro atoms. The Bertz CT molecular complexity index is 775. The lowest BCUT2D eigenvalue weighted by molar-refractivity contribution is 0.601. The van der Waals surface area contributed by atoms with Crippen molar-refractivity contribution in [3.05, 3.63) is 53.6 Å². The zero-order chi connectivity index (χ0) is 14.8. The second kappa shape index (κ2) is 5.23. The van der Waals surface area contributed by atoms with Gasteiger partial charge >= 0.3 is 0 Å². The molecule has 0 saturated heterocycles. The Hall–Kier alpha value is -2.52. The summed E-state index contributed by atoms with van der Waals surface area (Å²) in [5.74, 6) is 0. The molecule has 2 aromatic carbocycles. The van der Waals surface area contributed by atoms with Crippen LogP contribution in [0.4, 0.5) is 11.4 Å². The number of anilines is 2. The molecule has 6 heteroatoms. The molecule has 0 aliphatic rings. The topological polar surface area (TPSA) is 96.0 Å². The van der Waals surface area contributed by atoms with Gasteiger partial charge in [0, 0.05) is 5.69 Å². The molecule has 0 unspecified atom stereocenters. The van der Waals surface area contributed by atoms with Crippen LogP contribution in [0.2, 0.25) is 0 Å². The van der Waals surface area contributed by atoms with Crippen LogP contribution in [0, 0.1) is 18.3 Å². The number of aryl methyl sites for hydroxylation is 1. The van der Waals surface area contributed by atoms with Gasteiger partial charge in [-0.15, -0.1) is 0 Å². The average Bonchev–Trinajstić information content (AvgIpc) is 2.42. The highest BCUT2D eigenvalue weighted by Crippen LogP contribution is 2.21. The molecule has 0 fully saturated rings. The number of benzene rings is 2. The third-order valence-corrected chi connectivity index (χ3v) is 4.17. The maximum atomic E-state index is 12.2. The Balaban J connectivity index is 2.33. The summed E-state index contributed by atoms with van der Waals surface area (Å²) in [4.78, 5) is 0.104. The normalized spacial score (nSPS) is 10.8. The number of nitrogens with two attached hydrogens (primary N) is 1. The van der Waals surface area contributed by atoms with E-state index in [1.807, 2.05) is 6.07 Å². The van der Waals surface area contributed by atoms with E-state index >= 15 is 0 Å². The summed E-state index contributed by atoms with van der Waals surface area (Å²) >= 11 is 0. The van der Waals surface area contributed by atoms with Crippen LogP contribution in [0.5, 0.6) is 0 Å². The maximum Gasteiger partial charge on any atom is 0.261 e. The smallest absolute Gasteiger partial charge is 0.261 e. The first-order valence-corrected chi connectivity index (χ1v) is 7.30. The largest absolute Gasteiger partial charge is 0.399 e. The van der Waals surface area contributed by atoms with Crippen LogP contribution in [0.25, 0.3) is 0 Å². The number of hydrogen-bond acceptors (Lipinski definition) is 4. The van der Waals surface area contributed by atoms with Crippen LogP contribution in [0.3, 0.4) is 0 Å². The van der Waals surface area contributed by atoms with Gasteiger partial charge in [-0.25, -0.2) is 8.42 Å². The second-order valence-electron chi connectivity index (χ2n) is 4.32. The molecule has 5 nitrogen and oxygen atoms in total. The lowest BCUT2D eigenvalue weighted by atomic mass is 10.2. The molecule has 102 valence electrons. The van der Waals surface area contributed by atoms with E-state index in [2.05, 4.69) is 4.72 Å². The highest BCUT2D eigenvalue weighted by atomic mass is 32.2. The molecule has 0 radical (unpaired) electrons. The SMILES string of the molecule is Cc1cc(N)ccc1NS(=O)(=O)c1ccc(C#N)cc1. The molecule has 0 aliphatic heterocycles. The molecule has 0 amide bonds. The van der Waals surface area contributed by atoms with Crippen LogP contribution >= 0.6 is 0 Å². The van der Waals surface area contributed by atoms with Crippen molar-refractivity contribution >= 4 is 21.4 Å². The highest BCUT2D eigenvalue weighted by Gasteiger charge is 2.15. The van der Waals surface area contributed by atoms with Crippen LogP contribution < -0.4 is 10.5 Å². The zero-order valence-electron chi connectivity index (χ0n) is 10.8. The van der Waals surface area contributed by atoms with E-state index in [9.17, 15) is 8.42 Å². The molecule has 2 aromatic rings. The average molecular weight is 287 g/mol. The fourth-order valence-electron chi connectivity index (χ4n) is 1.71. The van der Waals surface area contributed by atoms with Gasteiger partial charge in [-0.2, -0.15) is 5.26 Å². The number of nitrogen functional groups attached to an aromatic ring is 1. The van der Waals surface area contributed by atoms with Crippen molar-refractivity contribution < 1.29 is 8.42 Å². The monoisotopic (exact) mass is 287 g/mol. The van der Waals surface area contributed by atoms with Crippen LogP contribution in [-0.4, -0.2) is 8.42 Å². The van der Waals surface area contributed by atoms with Crippen molar-refractivity contribution in [1.29, 1.82) is 5.26 Å². The number of sulfonamides is 1. The summed E-state index contributed by atoms with van der Waals surface area (Å²) < 4.78 is 26.9. The summed E-state index contributed by atoms with van der Waals surface area (Å²) in [6.07, 6.45) is 0. The first-order chi connectivity index (χ1) is 9.42. The number of nitrogens with zero attached hydrogens (tertiary/aromatic N) is 1. The van der Waals surface area contributed by atoms with Gasteiger partial charge in [0.25, 0.3) is 10.0 Å². The van der Waals surface area contributed by atoms with Gasteiger partial charge in [-0.1, -0.05) is 0 Å². The summed E-state index contributed by atoms with van der Waals surface area (Å²) in [6.45, 7) is 1.77. The third kappa shape index (κ3) is 2.90. The van der Waals surface area contributed by atoms with Gasteiger partial charge in [0.2, 0.25) is 0 Å². The van der Waals surface area contributed by atoms with E-state index in [0.29, 0.717) is 16.9 Å². The van der Waals surface area contributed by atoms with Gasteiger partial charge < -0.3 is 5.73 Å². The minimum absolute atomic E-state index is 0.104. The van der Waals surface area contributed by atoms with Crippen LogP contribution in [0.15, 0.2) is 47.4 Å². The van der Waals surface area contributed by atoms with Crippen molar-refractivity contribution in [3.63, 3.8) is 0 Å². The van der Waals surface area contributed by atoms with Crippen molar-refractivity contribution in [1.82, 2.24) is 0 Å². The number of rotatable bonds is 3. The van der Waals surface area contributed by atoms with Gasteiger partial charge in [-0.3, -0.25) is 4.72 Å². The molecule has 0 saturated carbocycles. The fourth-order valence-corrected chi connectivity index (χ4v) is 2.84. The molecule has 0 aromatic heterocycles. The fraction of sp³-hybridized carbons (Fsp3) is 0.0714. The van der Waals surface area contributed by atoms with Gasteiger partial charge in [0.15, 0.2) is 0 Å². The molecular weight excluding hydrogens is 274 g/mol. The molecule has 0 bridgehead atoms. The van der Waals surface area contributed by atoms with Crippen molar-refractivity contribution in [2.45, 2.75) is 11.8 Å². The van der Waals surface area contributed by atoms with E-state index < -0.39 is 10.0 Å². The number of hydrogen-bond donors (Lipinski definition) is 2. The van der Waals surface area contributed by atoms with E-state index in [4.69, 9.17) is 11.0 Å². The predicted octanol–water partition coefficient (Wildman–Crippen LogP) is 2.25. The van der Waals surface area contributed by atoms with Gasteiger partial charge in [0.1, 0.15) is 0 Å². The molecule has 20 heavy (non-hydrogen) atoms. The lowest BCUT2D eigenvalue weighted by Gasteiger charge is -2.11. The molecular formula is C14H13N3O2S. The predicted molar refractivity (Wildman–Crippen MR) is 77.6 cm³/mol. The molecule has 0 heterocycles. The van der Waals surface area contributed by atoms with Crippen LogP contribution in [0.1, 0.15) is 11.1 Å². The Labute approximate surface area is 117 Å². The Morgan fingerprint density at radius 1 is 1.15 bits per heavy atom. The zero-order valence-corrected chi connectivity index (χ0v) is 11.6. The van der Waals surface area contributed by atoms with Gasteiger partial charge in [-0.05, 0) is 55.0 Å². The Morgan fingerprint density at radius 3 is 2.35 bits per heavy atom.